The SMILES string of the molecule is C=C(C)C1=CC(=O)CCC1=C. The van der Waals surface area contributed by atoms with Gasteiger partial charge in [0.2, 0.25) is 0 Å². The molecule has 0 heterocycles. The van der Waals surface area contributed by atoms with Crippen LogP contribution < -0.4 is 0 Å². The number of carbonyl (C=O) groups excluding carboxylic acids is 1. The Balaban J connectivity index is 2.97. The molecule has 0 aromatic heterocycles. The predicted molar refractivity (Wildman–Crippen MR) is 46.3 cm³/mol. The van der Waals surface area contributed by atoms with Crippen LogP contribution in [0.15, 0.2) is 36.0 Å². The largest absolute Gasteiger partial charge is 0.295 e. The van der Waals surface area contributed by atoms with Crippen molar-refractivity contribution in [2.45, 2.75) is 19.8 Å². The molecule has 0 saturated heterocycles. The third-order valence-corrected chi connectivity index (χ3v) is 1.82. The van der Waals surface area contributed by atoms with Crippen molar-refractivity contribution in [3.63, 3.8) is 0 Å². The second kappa shape index (κ2) is 2.87. The van der Waals surface area contributed by atoms with Gasteiger partial charge in [0.1, 0.15) is 0 Å². The smallest absolute Gasteiger partial charge is 0.156 e. The van der Waals surface area contributed by atoms with Crippen LogP contribution in [-0.2, 0) is 4.79 Å². The zero-order valence-corrected chi connectivity index (χ0v) is 6.81. The average Bonchev–Trinajstić information content (AvgIpc) is 1.94. The summed E-state index contributed by atoms with van der Waals surface area (Å²) in [6, 6.07) is 0. The number of hydrogen-bond donors (Lipinski definition) is 0. The van der Waals surface area contributed by atoms with Crippen molar-refractivity contribution < 1.29 is 4.79 Å². The molecule has 0 fully saturated rings. The molecule has 58 valence electrons. The Hall–Kier alpha value is -1.11. The Labute approximate surface area is 67.1 Å². The molecule has 0 aromatic rings. The summed E-state index contributed by atoms with van der Waals surface area (Å²) >= 11 is 0. The van der Waals surface area contributed by atoms with E-state index in [1.54, 1.807) is 6.08 Å². The maximum atomic E-state index is 11.0. The molecule has 0 atom stereocenters. The summed E-state index contributed by atoms with van der Waals surface area (Å²) in [5.41, 5.74) is 2.92. The third kappa shape index (κ3) is 1.67. The highest BCUT2D eigenvalue weighted by Crippen LogP contribution is 2.24. The van der Waals surface area contributed by atoms with Gasteiger partial charge in [-0.25, -0.2) is 0 Å². The van der Waals surface area contributed by atoms with Crippen LogP contribution in [0.1, 0.15) is 19.8 Å². The molecule has 0 aliphatic heterocycles. The Bertz CT molecular complexity index is 254. The lowest BCUT2D eigenvalue weighted by Gasteiger charge is -2.14. The highest BCUT2D eigenvalue weighted by molar-refractivity contribution is 5.93. The Morgan fingerprint density at radius 1 is 1.55 bits per heavy atom. The number of allylic oxidation sites excluding steroid dienone is 4. The average molecular weight is 148 g/mol. The van der Waals surface area contributed by atoms with E-state index in [4.69, 9.17) is 0 Å². The van der Waals surface area contributed by atoms with Crippen molar-refractivity contribution in [2.24, 2.45) is 0 Å². The topological polar surface area (TPSA) is 17.1 Å². The summed E-state index contributed by atoms with van der Waals surface area (Å²) in [5.74, 6) is 0.190. The van der Waals surface area contributed by atoms with Gasteiger partial charge < -0.3 is 0 Å². The normalized spacial score (nSPS) is 18.1. The summed E-state index contributed by atoms with van der Waals surface area (Å²) < 4.78 is 0. The molecule has 0 radical (unpaired) electrons. The van der Waals surface area contributed by atoms with Crippen LogP contribution in [-0.4, -0.2) is 5.78 Å². The van der Waals surface area contributed by atoms with Gasteiger partial charge in [-0.05, 0) is 30.6 Å². The van der Waals surface area contributed by atoms with Gasteiger partial charge >= 0.3 is 0 Å². The third-order valence-electron chi connectivity index (χ3n) is 1.82. The first-order valence-corrected chi connectivity index (χ1v) is 3.70. The minimum absolute atomic E-state index is 0.190. The maximum Gasteiger partial charge on any atom is 0.156 e. The minimum Gasteiger partial charge on any atom is -0.295 e. The summed E-state index contributed by atoms with van der Waals surface area (Å²) in [7, 11) is 0. The maximum absolute atomic E-state index is 11.0. The zero-order valence-electron chi connectivity index (χ0n) is 6.81. The van der Waals surface area contributed by atoms with E-state index in [0.29, 0.717) is 6.42 Å². The monoisotopic (exact) mass is 148 g/mol. The summed E-state index contributed by atoms with van der Waals surface area (Å²) in [5, 5.41) is 0. The number of hydrogen-bond acceptors (Lipinski definition) is 1. The summed E-state index contributed by atoms with van der Waals surface area (Å²) in [4.78, 5) is 11.0. The van der Waals surface area contributed by atoms with E-state index in [1.807, 2.05) is 6.92 Å². The number of rotatable bonds is 1. The van der Waals surface area contributed by atoms with Gasteiger partial charge in [-0.2, -0.15) is 0 Å². The molecule has 0 saturated carbocycles. The second-order valence-corrected chi connectivity index (χ2v) is 2.91. The Kier molecular flexibility index (Phi) is 2.08. The van der Waals surface area contributed by atoms with Gasteiger partial charge in [-0.1, -0.05) is 18.7 Å². The van der Waals surface area contributed by atoms with Crippen LogP contribution in [0.2, 0.25) is 0 Å². The summed E-state index contributed by atoms with van der Waals surface area (Å²) in [6.45, 7) is 9.55. The molecule has 0 bridgehead atoms. The first kappa shape index (κ1) is 7.99. The van der Waals surface area contributed by atoms with Crippen LogP contribution in [0, 0.1) is 0 Å². The van der Waals surface area contributed by atoms with Gasteiger partial charge in [0.15, 0.2) is 5.78 Å². The van der Waals surface area contributed by atoms with Gasteiger partial charge in [-0.15, -0.1) is 0 Å². The molecule has 1 aliphatic rings. The van der Waals surface area contributed by atoms with E-state index < -0.39 is 0 Å². The van der Waals surface area contributed by atoms with E-state index in [-0.39, 0.29) is 5.78 Å². The molecule has 0 aromatic carbocycles. The lowest BCUT2D eigenvalue weighted by Crippen LogP contribution is -2.05. The van der Waals surface area contributed by atoms with E-state index in [2.05, 4.69) is 13.2 Å². The second-order valence-electron chi connectivity index (χ2n) is 2.91. The molecule has 11 heavy (non-hydrogen) atoms. The molecular formula is C10H12O. The highest BCUT2D eigenvalue weighted by atomic mass is 16.1. The first-order chi connectivity index (χ1) is 5.11. The van der Waals surface area contributed by atoms with Crippen LogP contribution in [0.4, 0.5) is 0 Å². The van der Waals surface area contributed by atoms with Gasteiger partial charge in [0.05, 0.1) is 0 Å². The van der Waals surface area contributed by atoms with E-state index in [9.17, 15) is 4.79 Å². The van der Waals surface area contributed by atoms with Crippen molar-refractivity contribution >= 4 is 5.78 Å². The fourth-order valence-electron chi connectivity index (χ4n) is 1.17. The fraction of sp³-hybridized carbons (Fsp3) is 0.300. The van der Waals surface area contributed by atoms with Crippen molar-refractivity contribution in [1.29, 1.82) is 0 Å². The van der Waals surface area contributed by atoms with Crippen molar-refractivity contribution in [2.75, 3.05) is 0 Å². The standard InChI is InChI=1S/C10H12O/c1-7(2)10-6-9(11)5-4-8(10)3/h6H,1,3-5H2,2H3. The molecule has 1 heteroatoms. The fourth-order valence-corrected chi connectivity index (χ4v) is 1.17. The van der Waals surface area contributed by atoms with Crippen LogP contribution in [0.25, 0.3) is 0 Å². The molecule has 0 amide bonds. The Morgan fingerprint density at radius 2 is 2.18 bits per heavy atom. The van der Waals surface area contributed by atoms with Crippen LogP contribution in [0.5, 0.6) is 0 Å². The molecule has 1 rings (SSSR count). The molecular weight excluding hydrogens is 136 g/mol. The van der Waals surface area contributed by atoms with Crippen molar-refractivity contribution in [3.8, 4) is 0 Å². The zero-order chi connectivity index (χ0) is 8.43. The van der Waals surface area contributed by atoms with Gasteiger partial charge in [-0.3, -0.25) is 4.79 Å². The van der Waals surface area contributed by atoms with Crippen LogP contribution in [0.3, 0.4) is 0 Å². The molecule has 0 unspecified atom stereocenters. The number of ketones is 1. The highest BCUT2D eigenvalue weighted by Gasteiger charge is 2.13. The van der Waals surface area contributed by atoms with E-state index in [1.165, 1.54) is 0 Å². The molecule has 1 nitrogen and oxygen atoms in total. The summed E-state index contributed by atoms with van der Waals surface area (Å²) in [6.07, 6.45) is 3.04. The Morgan fingerprint density at radius 3 is 2.64 bits per heavy atom. The van der Waals surface area contributed by atoms with Gasteiger partial charge in [0, 0.05) is 6.42 Å². The van der Waals surface area contributed by atoms with E-state index >= 15 is 0 Å². The lowest BCUT2D eigenvalue weighted by atomic mass is 9.90. The van der Waals surface area contributed by atoms with Gasteiger partial charge in [0.25, 0.3) is 0 Å². The minimum atomic E-state index is 0.190. The van der Waals surface area contributed by atoms with Crippen molar-refractivity contribution in [3.05, 3.63) is 36.0 Å². The van der Waals surface area contributed by atoms with E-state index in [0.717, 1.165) is 23.1 Å². The predicted octanol–water partition coefficient (Wildman–Crippen LogP) is 2.41. The quantitative estimate of drug-likeness (QED) is 0.558. The molecule has 0 N–H and O–H groups in total. The number of carbonyl (C=O) groups is 1. The molecule has 1 aliphatic carbocycles. The van der Waals surface area contributed by atoms with Crippen LogP contribution >= 0.6 is 0 Å². The van der Waals surface area contributed by atoms with Crippen molar-refractivity contribution in [1.82, 2.24) is 0 Å². The lowest BCUT2D eigenvalue weighted by molar-refractivity contribution is -0.114. The first-order valence-electron chi connectivity index (χ1n) is 3.70. The molecule has 0 spiro atoms.